The van der Waals surface area contributed by atoms with Crippen molar-refractivity contribution in [1.29, 1.82) is 0 Å². The first-order valence-corrected chi connectivity index (χ1v) is 8.43. The van der Waals surface area contributed by atoms with Crippen LogP contribution in [-0.2, 0) is 28.4 Å². The molecule has 0 radical (unpaired) electrons. The summed E-state index contributed by atoms with van der Waals surface area (Å²) in [5.41, 5.74) is -3.57. The number of carboxylic acids is 2. The zero-order valence-corrected chi connectivity index (χ0v) is 14.9. The summed E-state index contributed by atoms with van der Waals surface area (Å²) in [6.07, 6.45) is -11.4. The highest BCUT2D eigenvalue weighted by atomic mass is 32.2. The van der Waals surface area contributed by atoms with Gasteiger partial charge in [-0.3, -0.25) is 9.59 Å². The summed E-state index contributed by atoms with van der Waals surface area (Å²) in [5, 5.41) is 16.1. The Hall–Kier alpha value is -1.91. The van der Waals surface area contributed by atoms with Gasteiger partial charge in [0.1, 0.15) is 5.25 Å². The predicted molar refractivity (Wildman–Crippen MR) is 84.5 cm³/mol. The Labute approximate surface area is 154 Å². The lowest BCUT2D eigenvalue weighted by molar-refractivity contribution is -0.144. The van der Waals surface area contributed by atoms with Crippen LogP contribution in [0.2, 0.25) is 0 Å². The van der Waals surface area contributed by atoms with Crippen molar-refractivity contribution in [2.45, 2.75) is 49.2 Å². The second-order valence-electron chi connectivity index (χ2n) is 6.14. The maximum atomic E-state index is 13.4. The van der Waals surface area contributed by atoms with E-state index in [9.17, 15) is 35.9 Å². The molecule has 1 atom stereocenters. The monoisotopic (exact) mass is 418 g/mol. The summed E-state index contributed by atoms with van der Waals surface area (Å²) in [6, 6.07) is 0.435. The van der Waals surface area contributed by atoms with Crippen molar-refractivity contribution in [1.82, 2.24) is 0 Å². The molecule has 4 nitrogen and oxygen atoms in total. The Balaban J connectivity index is 3.65. The molecule has 1 aromatic rings. The van der Waals surface area contributed by atoms with Crippen molar-refractivity contribution < 1.29 is 46.1 Å². The predicted octanol–water partition coefficient (Wildman–Crippen LogP) is 4.94. The molecular weight excluding hydrogens is 402 g/mol. The molecule has 0 bridgehead atoms. The lowest BCUT2D eigenvalue weighted by atomic mass is 9.95. The number of carbonyl (C=O) groups is 2. The van der Waals surface area contributed by atoms with Gasteiger partial charge in [-0.15, -0.1) is 11.8 Å². The standard InChI is InChI=1S/C16H16F6O4S/c1-7(2)3-9-10(16(20,21)22)4-8(15(17,18)19)5-11(9)27-12(14(25)26)6-13(23)24/h4-5,7,12H,3,6H2,1-2H3,(H,23,24)(H,25,26)/t12-/m0/s1. The van der Waals surface area contributed by atoms with Crippen LogP contribution < -0.4 is 0 Å². The molecule has 0 heterocycles. The number of carboxylic acid groups (broad SMARTS) is 2. The van der Waals surface area contributed by atoms with E-state index in [1.165, 1.54) is 0 Å². The van der Waals surface area contributed by atoms with E-state index in [-0.39, 0.29) is 30.2 Å². The largest absolute Gasteiger partial charge is 0.481 e. The van der Waals surface area contributed by atoms with Gasteiger partial charge in [0.25, 0.3) is 0 Å². The first kappa shape index (κ1) is 23.1. The van der Waals surface area contributed by atoms with E-state index in [2.05, 4.69) is 0 Å². The average Bonchev–Trinajstić information content (AvgIpc) is 2.44. The molecule has 0 saturated heterocycles. The third-order valence-electron chi connectivity index (χ3n) is 3.36. The molecule has 0 spiro atoms. The summed E-state index contributed by atoms with van der Waals surface area (Å²) in [5.74, 6) is -3.56. The lowest BCUT2D eigenvalue weighted by Gasteiger charge is -2.22. The molecule has 0 aromatic heterocycles. The fourth-order valence-corrected chi connectivity index (χ4v) is 3.44. The van der Waals surface area contributed by atoms with Crippen LogP contribution in [0.1, 0.15) is 37.0 Å². The van der Waals surface area contributed by atoms with Crippen LogP contribution in [0.3, 0.4) is 0 Å². The average molecular weight is 418 g/mol. The third-order valence-corrected chi connectivity index (χ3v) is 4.63. The molecule has 1 rings (SSSR count). The number of thioether (sulfide) groups is 1. The van der Waals surface area contributed by atoms with Crippen LogP contribution >= 0.6 is 11.8 Å². The topological polar surface area (TPSA) is 74.6 Å². The van der Waals surface area contributed by atoms with Crippen molar-refractivity contribution in [2.24, 2.45) is 5.92 Å². The van der Waals surface area contributed by atoms with Gasteiger partial charge in [-0.2, -0.15) is 26.3 Å². The van der Waals surface area contributed by atoms with Gasteiger partial charge in [0.15, 0.2) is 0 Å². The van der Waals surface area contributed by atoms with Gasteiger partial charge in [0, 0.05) is 4.90 Å². The summed E-state index contributed by atoms with van der Waals surface area (Å²) in [7, 11) is 0. The van der Waals surface area contributed by atoms with Crippen LogP contribution in [0.25, 0.3) is 0 Å². The van der Waals surface area contributed by atoms with Gasteiger partial charge in [-0.25, -0.2) is 0 Å². The summed E-state index contributed by atoms with van der Waals surface area (Å²) >= 11 is 0.174. The summed E-state index contributed by atoms with van der Waals surface area (Å²) in [6.45, 7) is 3.11. The molecule has 0 saturated carbocycles. The minimum absolute atomic E-state index is 0.00522. The maximum Gasteiger partial charge on any atom is 0.416 e. The minimum atomic E-state index is -5.09. The fourth-order valence-electron chi connectivity index (χ4n) is 2.28. The highest BCUT2D eigenvalue weighted by molar-refractivity contribution is 8.00. The SMILES string of the molecule is CC(C)Cc1c(S[C@@H](CC(=O)O)C(=O)O)cc(C(F)(F)F)cc1C(F)(F)F. The van der Waals surface area contributed by atoms with Crippen LogP contribution in [0.5, 0.6) is 0 Å². The molecule has 0 fully saturated rings. The highest BCUT2D eigenvalue weighted by Crippen LogP contribution is 2.43. The zero-order chi connectivity index (χ0) is 21.2. The van der Waals surface area contributed by atoms with Crippen molar-refractivity contribution >= 4 is 23.7 Å². The van der Waals surface area contributed by atoms with Crippen molar-refractivity contribution in [2.75, 3.05) is 0 Å². The van der Waals surface area contributed by atoms with Gasteiger partial charge in [-0.1, -0.05) is 13.8 Å². The quantitative estimate of drug-likeness (QED) is 0.485. The normalized spacial score (nSPS) is 13.7. The van der Waals surface area contributed by atoms with Crippen molar-refractivity contribution in [3.8, 4) is 0 Å². The lowest BCUT2D eigenvalue weighted by Crippen LogP contribution is -2.22. The number of benzene rings is 1. The number of aliphatic carboxylic acids is 2. The molecule has 0 aliphatic rings. The Bertz CT molecular complexity index is 712. The molecule has 27 heavy (non-hydrogen) atoms. The van der Waals surface area contributed by atoms with Crippen LogP contribution in [0.4, 0.5) is 26.3 Å². The number of alkyl halides is 6. The molecule has 2 N–H and O–H groups in total. The van der Waals surface area contributed by atoms with Gasteiger partial charge in [0.05, 0.1) is 17.5 Å². The maximum absolute atomic E-state index is 13.4. The van der Waals surface area contributed by atoms with Crippen molar-refractivity contribution in [3.63, 3.8) is 0 Å². The van der Waals surface area contributed by atoms with E-state index in [1.807, 2.05) is 0 Å². The molecule has 0 aliphatic heterocycles. The van der Waals surface area contributed by atoms with Crippen LogP contribution in [0.15, 0.2) is 17.0 Å². The van der Waals surface area contributed by atoms with Gasteiger partial charge < -0.3 is 10.2 Å². The van der Waals surface area contributed by atoms with E-state index in [0.717, 1.165) is 0 Å². The van der Waals surface area contributed by atoms with Crippen LogP contribution in [-0.4, -0.2) is 27.4 Å². The molecule has 0 amide bonds. The van der Waals surface area contributed by atoms with E-state index in [4.69, 9.17) is 10.2 Å². The second-order valence-corrected chi connectivity index (χ2v) is 7.38. The highest BCUT2D eigenvalue weighted by Gasteiger charge is 2.40. The Kier molecular flexibility index (Phi) is 7.20. The molecule has 0 unspecified atom stereocenters. The van der Waals surface area contributed by atoms with Gasteiger partial charge in [-0.05, 0) is 30.0 Å². The summed E-state index contributed by atoms with van der Waals surface area (Å²) < 4.78 is 79.2. The molecule has 0 aliphatic carbocycles. The molecule has 11 heteroatoms. The molecule has 1 aromatic carbocycles. The Morgan fingerprint density at radius 2 is 1.59 bits per heavy atom. The first-order valence-electron chi connectivity index (χ1n) is 7.55. The number of hydrogen-bond donors (Lipinski definition) is 2. The molecule has 152 valence electrons. The number of rotatable bonds is 7. The number of halogens is 6. The first-order chi connectivity index (χ1) is 12.1. The zero-order valence-electron chi connectivity index (χ0n) is 14.1. The van der Waals surface area contributed by atoms with Crippen molar-refractivity contribution in [3.05, 3.63) is 28.8 Å². The van der Waals surface area contributed by atoms with E-state index >= 15 is 0 Å². The fraction of sp³-hybridized carbons (Fsp3) is 0.500. The smallest absolute Gasteiger partial charge is 0.416 e. The third kappa shape index (κ3) is 6.64. The van der Waals surface area contributed by atoms with Gasteiger partial charge >= 0.3 is 24.3 Å². The van der Waals surface area contributed by atoms with E-state index < -0.39 is 57.5 Å². The minimum Gasteiger partial charge on any atom is -0.481 e. The Morgan fingerprint density at radius 3 is 1.96 bits per heavy atom. The number of hydrogen-bond acceptors (Lipinski definition) is 3. The van der Waals surface area contributed by atoms with Crippen LogP contribution in [0, 0.1) is 5.92 Å². The van der Waals surface area contributed by atoms with E-state index in [0.29, 0.717) is 6.07 Å². The van der Waals surface area contributed by atoms with Gasteiger partial charge in [0.2, 0.25) is 0 Å². The Morgan fingerprint density at radius 1 is 1.04 bits per heavy atom. The molecular formula is C16H16F6O4S. The second kappa shape index (κ2) is 8.41. The van der Waals surface area contributed by atoms with E-state index in [1.54, 1.807) is 13.8 Å². The summed E-state index contributed by atoms with van der Waals surface area (Å²) in [4.78, 5) is 21.4.